The van der Waals surface area contributed by atoms with Gasteiger partial charge in [0.1, 0.15) is 0 Å². The summed E-state index contributed by atoms with van der Waals surface area (Å²) in [4.78, 5) is 13.4. The Labute approximate surface area is 101 Å². The number of methoxy groups -OCH3 is 1. The van der Waals surface area contributed by atoms with Crippen molar-refractivity contribution >= 4 is 17.5 Å². The lowest BCUT2D eigenvalue weighted by Crippen LogP contribution is -2.45. The van der Waals surface area contributed by atoms with Gasteiger partial charge in [-0.15, -0.1) is 11.6 Å². The van der Waals surface area contributed by atoms with Crippen LogP contribution in [0.1, 0.15) is 0 Å². The van der Waals surface area contributed by atoms with E-state index in [-0.39, 0.29) is 11.3 Å². The van der Waals surface area contributed by atoms with Crippen LogP contribution < -0.4 is 0 Å². The summed E-state index contributed by atoms with van der Waals surface area (Å²) in [5, 5.41) is -0.205. The Morgan fingerprint density at radius 2 is 2.38 bits per heavy atom. The van der Waals surface area contributed by atoms with E-state index in [1.165, 1.54) is 0 Å². The van der Waals surface area contributed by atoms with Crippen molar-refractivity contribution in [2.75, 3.05) is 47.1 Å². The third kappa shape index (κ3) is 4.25. The lowest BCUT2D eigenvalue weighted by Gasteiger charge is -2.27. The first-order chi connectivity index (χ1) is 7.65. The maximum atomic E-state index is 11.9. The molecule has 2 unspecified atom stereocenters. The molecular formula is C10H18ClNO4. The number of hydrogen-bond donors (Lipinski definition) is 0. The van der Waals surface area contributed by atoms with Crippen LogP contribution in [0.3, 0.4) is 0 Å². The molecule has 0 aliphatic carbocycles. The van der Waals surface area contributed by atoms with Crippen LogP contribution >= 0.6 is 11.6 Å². The highest BCUT2D eigenvalue weighted by Crippen LogP contribution is 2.06. The van der Waals surface area contributed by atoms with Crippen LogP contribution in [0.2, 0.25) is 0 Å². The standard InChI is InChI=1S/C10H18ClNO4/c1-12(5-8(11)6-14-2)10(13)9-7-15-3-4-16-9/h8-9H,3-7H2,1-2H3. The molecule has 0 aromatic heterocycles. The Balaban J connectivity index is 2.34. The molecule has 94 valence electrons. The van der Waals surface area contributed by atoms with E-state index in [0.29, 0.717) is 33.0 Å². The van der Waals surface area contributed by atoms with Crippen LogP contribution in [0, 0.1) is 0 Å². The maximum Gasteiger partial charge on any atom is 0.253 e. The molecule has 0 radical (unpaired) electrons. The normalized spacial score (nSPS) is 22.8. The minimum absolute atomic E-state index is 0.0959. The Hall–Kier alpha value is -0.360. The molecule has 6 heteroatoms. The third-order valence-corrected chi connectivity index (χ3v) is 2.55. The zero-order valence-electron chi connectivity index (χ0n) is 9.65. The van der Waals surface area contributed by atoms with Gasteiger partial charge in [0.25, 0.3) is 5.91 Å². The molecular weight excluding hydrogens is 234 g/mol. The molecule has 2 atom stereocenters. The number of alkyl halides is 1. The van der Waals surface area contributed by atoms with Gasteiger partial charge in [0.2, 0.25) is 0 Å². The van der Waals surface area contributed by atoms with Crippen molar-refractivity contribution < 1.29 is 19.0 Å². The first-order valence-electron chi connectivity index (χ1n) is 5.22. The molecule has 1 rings (SSSR count). The van der Waals surface area contributed by atoms with Gasteiger partial charge in [-0.1, -0.05) is 0 Å². The molecule has 1 fully saturated rings. The van der Waals surface area contributed by atoms with E-state index in [2.05, 4.69) is 0 Å². The monoisotopic (exact) mass is 251 g/mol. The first-order valence-corrected chi connectivity index (χ1v) is 5.66. The number of carbonyl (C=O) groups excluding carboxylic acids is 1. The van der Waals surface area contributed by atoms with Gasteiger partial charge in [-0.25, -0.2) is 0 Å². The highest BCUT2D eigenvalue weighted by Gasteiger charge is 2.26. The van der Waals surface area contributed by atoms with E-state index in [9.17, 15) is 4.79 Å². The summed E-state index contributed by atoms with van der Waals surface area (Å²) in [6.45, 7) is 2.19. The highest BCUT2D eigenvalue weighted by atomic mass is 35.5. The predicted octanol–water partition coefficient (Wildman–Crippen LogP) is 0.114. The Kier molecular flexibility index (Phi) is 6.05. The molecule has 1 aliphatic heterocycles. The molecule has 5 nitrogen and oxygen atoms in total. The molecule has 1 amide bonds. The van der Waals surface area contributed by atoms with E-state index in [1.54, 1.807) is 19.1 Å². The summed E-state index contributed by atoms with van der Waals surface area (Å²) in [6, 6.07) is 0. The predicted molar refractivity (Wildman–Crippen MR) is 59.7 cm³/mol. The number of ether oxygens (including phenoxy) is 3. The molecule has 0 spiro atoms. The quantitative estimate of drug-likeness (QED) is 0.651. The summed E-state index contributed by atoms with van der Waals surface area (Å²) in [7, 11) is 3.28. The van der Waals surface area contributed by atoms with Crippen molar-refractivity contribution in [2.24, 2.45) is 0 Å². The van der Waals surface area contributed by atoms with Crippen LogP contribution in [0.25, 0.3) is 0 Å². The van der Waals surface area contributed by atoms with Crippen LogP contribution in [-0.4, -0.2) is 69.4 Å². The van der Waals surface area contributed by atoms with E-state index in [4.69, 9.17) is 25.8 Å². The van der Waals surface area contributed by atoms with Crippen molar-refractivity contribution in [3.05, 3.63) is 0 Å². The van der Waals surface area contributed by atoms with E-state index in [0.717, 1.165) is 0 Å². The van der Waals surface area contributed by atoms with Crippen molar-refractivity contribution in [1.82, 2.24) is 4.90 Å². The van der Waals surface area contributed by atoms with Crippen LogP contribution in [0.5, 0.6) is 0 Å². The van der Waals surface area contributed by atoms with Gasteiger partial charge in [0, 0.05) is 20.7 Å². The smallest absolute Gasteiger partial charge is 0.253 e. The van der Waals surface area contributed by atoms with Gasteiger partial charge in [0.05, 0.1) is 31.8 Å². The topological polar surface area (TPSA) is 48.0 Å². The van der Waals surface area contributed by atoms with Crippen molar-refractivity contribution in [1.29, 1.82) is 0 Å². The molecule has 0 saturated carbocycles. The number of carbonyl (C=O) groups is 1. The Morgan fingerprint density at radius 1 is 1.62 bits per heavy atom. The second-order valence-electron chi connectivity index (χ2n) is 3.71. The molecule has 0 bridgehead atoms. The molecule has 1 heterocycles. The van der Waals surface area contributed by atoms with Crippen LogP contribution in [0.4, 0.5) is 0 Å². The summed E-state index contributed by atoms with van der Waals surface area (Å²) < 4.78 is 15.4. The third-order valence-electron chi connectivity index (χ3n) is 2.29. The summed E-state index contributed by atoms with van der Waals surface area (Å²) in [5.74, 6) is -0.0959. The molecule has 1 saturated heterocycles. The van der Waals surface area contributed by atoms with Gasteiger partial charge in [-0.05, 0) is 0 Å². The van der Waals surface area contributed by atoms with Crippen molar-refractivity contribution in [3.8, 4) is 0 Å². The van der Waals surface area contributed by atoms with Gasteiger partial charge >= 0.3 is 0 Å². The van der Waals surface area contributed by atoms with E-state index in [1.807, 2.05) is 0 Å². The van der Waals surface area contributed by atoms with E-state index >= 15 is 0 Å². The van der Waals surface area contributed by atoms with Crippen molar-refractivity contribution in [3.63, 3.8) is 0 Å². The minimum Gasteiger partial charge on any atom is -0.383 e. The van der Waals surface area contributed by atoms with Crippen LogP contribution in [-0.2, 0) is 19.0 Å². The average molecular weight is 252 g/mol. The van der Waals surface area contributed by atoms with Gasteiger partial charge < -0.3 is 19.1 Å². The lowest BCUT2D eigenvalue weighted by atomic mass is 10.3. The minimum atomic E-state index is -0.495. The largest absolute Gasteiger partial charge is 0.383 e. The highest BCUT2D eigenvalue weighted by molar-refractivity contribution is 6.21. The maximum absolute atomic E-state index is 11.9. The fraction of sp³-hybridized carbons (Fsp3) is 0.900. The molecule has 0 aromatic rings. The van der Waals surface area contributed by atoms with Crippen molar-refractivity contribution in [2.45, 2.75) is 11.5 Å². The van der Waals surface area contributed by atoms with Gasteiger partial charge in [-0.2, -0.15) is 0 Å². The number of amides is 1. The number of nitrogens with zero attached hydrogens (tertiary/aromatic N) is 1. The zero-order chi connectivity index (χ0) is 12.0. The second-order valence-corrected chi connectivity index (χ2v) is 4.32. The summed E-state index contributed by atoms with van der Waals surface area (Å²) in [5.41, 5.74) is 0. The number of likely N-dealkylation sites (N-methyl/N-ethyl adjacent to an activating group) is 1. The first kappa shape index (κ1) is 13.7. The molecule has 1 aliphatic rings. The second kappa shape index (κ2) is 7.06. The van der Waals surface area contributed by atoms with Gasteiger partial charge in [0.15, 0.2) is 6.10 Å². The Morgan fingerprint density at radius 3 is 2.94 bits per heavy atom. The number of rotatable bonds is 5. The molecule has 16 heavy (non-hydrogen) atoms. The fourth-order valence-electron chi connectivity index (χ4n) is 1.50. The number of hydrogen-bond acceptors (Lipinski definition) is 4. The summed E-state index contributed by atoms with van der Waals surface area (Å²) >= 11 is 5.97. The summed E-state index contributed by atoms with van der Waals surface area (Å²) in [6.07, 6.45) is -0.495. The van der Waals surface area contributed by atoms with E-state index < -0.39 is 6.10 Å². The zero-order valence-corrected chi connectivity index (χ0v) is 10.4. The average Bonchev–Trinajstić information content (AvgIpc) is 2.29. The molecule has 0 aromatic carbocycles. The molecule has 0 N–H and O–H groups in total. The Bertz CT molecular complexity index is 221. The SMILES string of the molecule is COCC(Cl)CN(C)C(=O)C1COCCO1. The lowest BCUT2D eigenvalue weighted by molar-refractivity contribution is -0.156. The fourth-order valence-corrected chi connectivity index (χ4v) is 1.83. The van der Waals surface area contributed by atoms with Crippen LogP contribution in [0.15, 0.2) is 0 Å². The number of halogens is 1. The van der Waals surface area contributed by atoms with Gasteiger partial charge in [-0.3, -0.25) is 4.79 Å².